The average Bonchev–Trinajstić information content (AvgIpc) is 2.31. The Labute approximate surface area is 66.7 Å². The van der Waals surface area contributed by atoms with Crippen molar-refractivity contribution in [3.05, 3.63) is 29.7 Å². The van der Waals surface area contributed by atoms with Crippen molar-refractivity contribution in [1.82, 2.24) is 0 Å². The number of hydrogen-bond acceptors (Lipinski definition) is 1. The summed E-state index contributed by atoms with van der Waals surface area (Å²) < 4.78 is 5.52. The van der Waals surface area contributed by atoms with Gasteiger partial charge in [0, 0.05) is 12.0 Å². The number of hydrogen-bond donors (Lipinski definition) is 0. The highest BCUT2D eigenvalue weighted by Crippen LogP contribution is 2.31. The SMILES string of the molecule is C=C1CCCc2oc(C)cc21. The van der Waals surface area contributed by atoms with Crippen LogP contribution in [0.5, 0.6) is 0 Å². The van der Waals surface area contributed by atoms with Gasteiger partial charge in [0.2, 0.25) is 0 Å². The molecule has 0 amide bonds. The van der Waals surface area contributed by atoms with Gasteiger partial charge in [-0.1, -0.05) is 6.58 Å². The summed E-state index contributed by atoms with van der Waals surface area (Å²) in [6, 6.07) is 2.09. The fourth-order valence-electron chi connectivity index (χ4n) is 1.64. The Balaban J connectivity index is 2.52. The van der Waals surface area contributed by atoms with Crippen LogP contribution in [0.15, 0.2) is 17.1 Å². The van der Waals surface area contributed by atoms with Crippen molar-refractivity contribution in [1.29, 1.82) is 0 Å². The van der Waals surface area contributed by atoms with Crippen molar-refractivity contribution >= 4 is 5.57 Å². The summed E-state index contributed by atoms with van der Waals surface area (Å²) in [6.07, 6.45) is 3.41. The normalized spacial score (nSPS) is 16.6. The predicted molar refractivity (Wildman–Crippen MR) is 45.4 cm³/mol. The highest BCUT2D eigenvalue weighted by atomic mass is 16.3. The molecular weight excluding hydrogens is 136 g/mol. The Bertz CT molecular complexity index is 294. The molecule has 1 nitrogen and oxygen atoms in total. The summed E-state index contributed by atoms with van der Waals surface area (Å²) in [5.74, 6) is 2.15. The molecule has 0 aliphatic heterocycles. The lowest BCUT2D eigenvalue weighted by Crippen LogP contribution is -1.96. The molecule has 1 aromatic heterocycles. The molecule has 1 heterocycles. The zero-order valence-corrected chi connectivity index (χ0v) is 6.81. The van der Waals surface area contributed by atoms with Crippen molar-refractivity contribution in [3.8, 4) is 0 Å². The highest BCUT2D eigenvalue weighted by molar-refractivity contribution is 5.66. The van der Waals surface area contributed by atoms with Crippen molar-refractivity contribution in [2.24, 2.45) is 0 Å². The molecule has 0 bridgehead atoms. The molecule has 11 heavy (non-hydrogen) atoms. The van der Waals surface area contributed by atoms with E-state index in [0.29, 0.717) is 0 Å². The highest BCUT2D eigenvalue weighted by Gasteiger charge is 2.15. The smallest absolute Gasteiger partial charge is 0.111 e. The van der Waals surface area contributed by atoms with Gasteiger partial charge in [0.1, 0.15) is 11.5 Å². The van der Waals surface area contributed by atoms with E-state index < -0.39 is 0 Å². The first-order chi connectivity index (χ1) is 5.27. The molecule has 0 spiro atoms. The lowest BCUT2D eigenvalue weighted by molar-refractivity contribution is 0.473. The maximum atomic E-state index is 5.52. The van der Waals surface area contributed by atoms with Crippen LogP contribution in [0.3, 0.4) is 0 Å². The van der Waals surface area contributed by atoms with Crippen molar-refractivity contribution in [3.63, 3.8) is 0 Å². The van der Waals surface area contributed by atoms with Crippen molar-refractivity contribution in [2.75, 3.05) is 0 Å². The summed E-state index contributed by atoms with van der Waals surface area (Å²) in [4.78, 5) is 0. The minimum Gasteiger partial charge on any atom is -0.466 e. The maximum Gasteiger partial charge on any atom is 0.111 e. The van der Waals surface area contributed by atoms with E-state index in [4.69, 9.17) is 4.42 Å². The van der Waals surface area contributed by atoms with Crippen molar-refractivity contribution in [2.45, 2.75) is 26.2 Å². The third-order valence-corrected chi connectivity index (χ3v) is 2.20. The van der Waals surface area contributed by atoms with Gasteiger partial charge < -0.3 is 4.42 Å². The molecule has 0 N–H and O–H groups in total. The van der Waals surface area contributed by atoms with E-state index in [9.17, 15) is 0 Å². The Morgan fingerprint density at radius 1 is 1.45 bits per heavy atom. The van der Waals surface area contributed by atoms with Crippen LogP contribution >= 0.6 is 0 Å². The second-order valence-corrected chi connectivity index (χ2v) is 3.15. The predicted octanol–water partition coefficient (Wildman–Crippen LogP) is 2.94. The molecule has 1 aliphatic rings. The van der Waals surface area contributed by atoms with Crippen LogP contribution in [0.4, 0.5) is 0 Å². The number of allylic oxidation sites excluding steroid dienone is 1. The Kier molecular flexibility index (Phi) is 1.38. The molecule has 0 saturated carbocycles. The standard InChI is InChI=1S/C10H12O/c1-7-4-3-5-10-9(7)6-8(2)11-10/h6H,1,3-5H2,2H3. The van der Waals surface area contributed by atoms with Crippen LogP contribution in [0.2, 0.25) is 0 Å². The fraction of sp³-hybridized carbons (Fsp3) is 0.400. The molecular formula is C10H12O. The van der Waals surface area contributed by atoms with Gasteiger partial charge in [-0.3, -0.25) is 0 Å². The van der Waals surface area contributed by atoms with Gasteiger partial charge in [-0.2, -0.15) is 0 Å². The molecule has 0 fully saturated rings. The Hall–Kier alpha value is -0.980. The van der Waals surface area contributed by atoms with E-state index in [1.807, 2.05) is 6.92 Å². The lowest BCUT2D eigenvalue weighted by atomic mass is 9.94. The largest absolute Gasteiger partial charge is 0.466 e. The number of furan rings is 1. The fourth-order valence-corrected chi connectivity index (χ4v) is 1.64. The first-order valence-corrected chi connectivity index (χ1v) is 4.05. The second-order valence-electron chi connectivity index (χ2n) is 3.15. The Morgan fingerprint density at radius 2 is 2.27 bits per heavy atom. The minimum absolute atomic E-state index is 1.01. The van der Waals surface area contributed by atoms with Crippen LogP contribution in [0, 0.1) is 6.92 Å². The van der Waals surface area contributed by atoms with Gasteiger partial charge in [0.05, 0.1) is 0 Å². The summed E-state index contributed by atoms with van der Waals surface area (Å²) in [5.41, 5.74) is 2.50. The summed E-state index contributed by atoms with van der Waals surface area (Å²) in [7, 11) is 0. The zero-order valence-electron chi connectivity index (χ0n) is 6.81. The maximum absolute atomic E-state index is 5.52. The van der Waals surface area contributed by atoms with Crippen LogP contribution in [-0.4, -0.2) is 0 Å². The van der Waals surface area contributed by atoms with E-state index in [2.05, 4.69) is 12.6 Å². The Morgan fingerprint density at radius 3 is 3.00 bits per heavy atom. The minimum atomic E-state index is 1.01. The number of aryl methyl sites for hydroxylation is 2. The third-order valence-electron chi connectivity index (χ3n) is 2.20. The van der Waals surface area contributed by atoms with Gasteiger partial charge in [-0.05, 0) is 31.4 Å². The first kappa shape index (κ1) is 6.71. The molecule has 0 aromatic carbocycles. The molecule has 1 aromatic rings. The van der Waals surface area contributed by atoms with E-state index in [0.717, 1.165) is 24.4 Å². The van der Waals surface area contributed by atoms with Crippen LogP contribution in [-0.2, 0) is 6.42 Å². The molecule has 0 saturated heterocycles. The first-order valence-electron chi connectivity index (χ1n) is 4.05. The van der Waals surface area contributed by atoms with E-state index in [1.165, 1.54) is 17.6 Å². The number of fused-ring (bicyclic) bond motifs is 1. The molecule has 58 valence electrons. The van der Waals surface area contributed by atoms with Crippen molar-refractivity contribution < 1.29 is 4.42 Å². The van der Waals surface area contributed by atoms with Gasteiger partial charge in [-0.15, -0.1) is 0 Å². The van der Waals surface area contributed by atoms with Gasteiger partial charge in [0.15, 0.2) is 0 Å². The van der Waals surface area contributed by atoms with Gasteiger partial charge >= 0.3 is 0 Å². The monoisotopic (exact) mass is 148 g/mol. The van der Waals surface area contributed by atoms with E-state index in [-0.39, 0.29) is 0 Å². The average molecular weight is 148 g/mol. The van der Waals surface area contributed by atoms with Gasteiger partial charge in [0.25, 0.3) is 0 Å². The van der Waals surface area contributed by atoms with E-state index >= 15 is 0 Å². The summed E-state index contributed by atoms with van der Waals surface area (Å²) >= 11 is 0. The molecule has 2 rings (SSSR count). The topological polar surface area (TPSA) is 13.1 Å². The molecule has 0 atom stereocenters. The second kappa shape index (κ2) is 2.26. The lowest BCUT2D eigenvalue weighted by Gasteiger charge is -2.10. The van der Waals surface area contributed by atoms with E-state index in [1.54, 1.807) is 0 Å². The third kappa shape index (κ3) is 1.01. The molecule has 0 radical (unpaired) electrons. The zero-order chi connectivity index (χ0) is 7.84. The summed E-state index contributed by atoms with van der Waals surface area (Å²) in [5, 5.41) is 0. The summed E-state index contributed by atoms with van der Waals surface area (Å²) in [6.45, 7) is 6.00. The van der Waals surface area contributed by atoms with Crippen LogP contribution in [0.25, 0.3) is 5.57 Å². The molecule has 1 heteroatoms. The van der Waals surface area contributed by atoms with Crippen LogP contribution < -0.4 is 0 Å². The number of rotatable bonds is 0. The molecule has 0 unspecified atom stereocenters. The molecule has 1 aliphatic carbocycles. The quantitative estimate of drug-likeness (QED) is 0.551. The van der Waals surface area contributed by atoms with Gasteiger partial charge in [-0.25, -0.2) is 0 Å². The van der Waals surface area contributed by atoms with Crippen LogP contribution in [0.1, 0.15) is 29.9 Å².